The zero-order valence-electron chi connectivity index (χ0n) is 23.6. The third-order valence-electron chi connectivity index (χ3n) is 8.20. The normalized spacial score (nSPS) is 20.9. The smallest absolute Gasteiger partial charge is 0.410 e. The van der Waals surface area contributed by atoms with Crippen molar-refractivity contribution in [2.45, 2.75) is 50.7 Å². The summed E-state index contributed by atoms with van der Waals surface area (Å²) in [6.07, 6.45) is -2.89. The van der Waals surface area contributed by atoms with Gasteiger partial charge in [0.25, 0.3) is 18.3 Å². The van der Waals surface area contributed by atoms with Crippen LogP contribution in [-0.2, 0) is 4.74 Å². The molecule has 2 aromatic rings. The molecular formula is C29H32F5N5O4. The molecule has 1 saturated heterocycles. The van der Waals surface area contributed by atoms with Crippen LogP contribution in [0.2, 0.25) is 0 Å². The summed E-state index contributed by atoms with van der Waals surface area (Å²) in [5.41, 5.74) is -0.670. The van der Waals surface area contributed by atoms with Gasteiger partial charge >= 0.3 is 6.09 Å². The number of pyridine rings is 1. The van der Waals surface area contributed by atoms with Gasteiger partial charge < -0.3 is 29.7 Å². The number of carbonyl (C=O) groups excluding carboxylic acids is 2. The molecule has 9 nitrogen and oxygen atoms in total. The predicted molar refractivity (Wildman–Crippen MR) is 149 cm³/mol. The molecule has 0 bridgehead atoms. The van der Waals surface area contributed by atoms with E-state index in [9.17, 15) is 31.9 Å². The van der Waals surface area contributed by atoms with Crippen molar-refractivity contribution < 1.29 is 36.3 Å². The van der Waals surface area contributed by atoms with Crippen LogP contribution >= 0.6 is 0 Å². The molecule has 1 aliphatic carbocycles. The largest absolute Gasteiger partial charge is 0.446 e. The molecule has 14 heteroatoms. The summed E-state index contributed by atoms with van der Waals surface area (Å²) < 4.78 is 74.3. The van der Waals surface area contributed by atoms with Gasteiger partial charge in [0.05, 0.1) is 16.9 Å². The van der Waals surface area contributed by atoms with E-state index in [2.05, 4.69) is 15.2 Å². The van der Waals surface area contributed by atoms with Crippen molar-refractivity contribution >= 4 is 28.9 Å². The standard InChI is InChI=1S/C29H32F5N5O4/c1-16-15-39(8-7-37(16)2)24-11-22(30)19(9-23(24)36-27(41)21-14-35-25(40)10-20(21)26(31)32)17-3-5-38(6-4-17)28(42)43-18-12-29(33,34)13-18/h3,9-11,14,16,18,26H,4-8,12-13,15H2,1-2H3,(H,35,40)(H,36,41)/t16-/m1/s1. The molecule has 2 aliphatic heterocycles. The molecule has 1 atom stereocenters. The van der Waals surface area contributed by atoms with Gasteiger partial charge in [-0.15, -0.1) is 0 Å². The zero-order valence-corrected chi connectivity index (χ0v) is 23.6. The van der Waals surface area contributed by atoms with E-state index in [1.807, 2.05) is 18.9 Å². The number of amides is 2. The molecule has 43 heavy (non-hydrogen) atoms. The monoisotopic (exact) mass is 609 g/mol. The first-order valence-electron chi connectivity index (χ1n) is 13.9. The molecule has 232 valence electrons. The minimum atomic E-state index is -3.08. The second-order valence-corrected chi connectivity index (χ2v) is 11.2. The Morgan fingerprint density at radius 3 is 2.51 bits per heavy atom. The SMILES string of the molecule is C[C@@H]1CN(c2cc(F)c(C3=CCN(C(=O)OC4CC(F)(F)C4)CC3)cc2NC(=O)c2c[nH]c(=O)cc2C(F)F)CCN1C. The molecule has 3 heterocycles. The summed E-state index contributed by atoms with van der Waals surface area (Å²) in [5, 5.41) is 2.65. The molecule has 1 saturated carbocycles. The number of rotatable bonds is 6. The lowest BCUT2D eigenvalue weighted by molar-refractivity contribution is -0.147. The van der Waals surface area contributed by atoms with Gasteiger partial charge in [-0.1, -0.05) is 6.08 Å². The summed E-state index contributed by atoms with van der Waals surface area (Å²) in [7, 11) is 1.96. The molecule has 0 radical (unpaired) electrons. The van der Waals surface area contributed by atoms with Gasteiger partial charge in [-0.25, -0.2) is 26.7 Å². The fourth-order valence-electron chi connectivity index (χ4n) is 5.48. The Morgan fingerprint density at radius 1 is 1.14 bits per heavy atom. The van der Waals surface area contributed by atoms with Crippen LogP contribution in [-0.4, -0.2) is 84.6 Å². The van der Waals surface area contributed by atoms with Gasteiger partial charge in [-0.3, -0.25) is 9.59 Å². The first-order chi connectivity index (χ1) is 20.3. The number of nitrogens with one attached hydrogen (secondary N) is 2. The van der Waals surface area contributed by atoms with Gasteiger partial charge in [-0.05, 0) is 38.1 Å². The second-order valence-electron chi connectivity index (χ2n) is 11.2. The number of anilines is 2. The number of ether oxygens (including phenoxy) is 1. The number of aromatic nitrogens is 1. The number of alkyl halides is 4. The Hall–Kier alpha value is -3.94. The fourth-order valence-corrected chi connectivity index (χ4v) is 5.48. The minimum absolute atomic E-state index is 0.0608. The van der Waals surface area contributed by atoms with E-state index in [4.69, 9.17) is 4.74 Å². The second kappa shape index (κ2) is 12.0. The van der Waals surface area contributed by atoms with Gasteiger partial charge in [-0.2, -0.15) is 0 Å². The topological polar surface area (TPSA) is 98.0 Å². The summed E-state index contributed by atoms with van der Waals surface area (Å²) in [6, 6.07) is 3.51. The van der Waals surface area contributed by atoms with Crippen molar-refractivity contribution in [1.29, 1.82) is 0 Å². The third kappa shape index (κ3) is 6.68. The lowest BCUT2D eigenvalue weighted by Crippen LogP contribution is -2.50. The van der Waals surface area contributed by atoms with E-state index in [1.54, 1.807) is 6.08 Å². The van der Waals surface area contributed by atoms with E-state index in [1.165, 1.54) is 17.0 Å². The van der Waals surface area contributed by atoms with Gasteiger partial charge in [0.2, 0.25) is 5.56 Å². The maximum atomic E-state index is 15.7. The van der Waals surface area contributed by atoms with Crippen molar-refractivity contribution in [3.8, 4) is 0 Å². The Balaban J connectivity index is 1.41. The first-order valence-corrected chi connectivity index (χ1v) is 13.9. The first kappa shape index (κ1) is 30.5. The number of nitrogens with zero attached hydrogens (tertiary/aromatic N) is 3. The molecule has 0 unspecified atom stereocenters. The molecule has 2 amide bonds. The Kier molecular flexibility index (Phi) is 8.50. The van der Waals surface area contributed by atoms with Crippen molar-refractivity contribution in [3.63, 3.8) is 0 Å². The molecule has 1 aromatic carbocycles. The predicted octanol–water partition coefficient (Wildman–Crippen LogP) is 4.87. The van der Waals surface area contributed by atoms with Crippen LogP contribution in [0.5, 0.6) is 0 Å². The van der Waals surface area contributed by atoms with Crippen LogP contribution < -0.4 is 15.8 Å². The highest BCUT2D eigenvalue weighted by Gasteiger charge is 2.48. The van der Waals surface area contributed by atoms with Crippen LogP contribution in [0.25, 0.3) is 5.57 Å². The van der Waals surface area contributed by atoms with Gasteiger partial charge in [0, 0.05) is 75.0 Å². The highest BCUT2D eigenvalue weighted by molar-refractivity contribution is 6.07. The van der Waals surface area contributed by atoms with Crippen LogP contribution in [0, 0.1) is 5.82 Å². The molecule has 1 aromatic heterocycles. The quantitative estimate of drug-likeness (QED) is 0.454. The zero-order chi connectivity index (χ0) is 31.1. The number of benzene rings is 1. The number of piperazine rings is 1. The van der Waals surface area contributed by atoms with E-state index >= 15 is 4.39 Å². The van der Waals surface area contributed by atoms with Crippen LogP contribution in [0.1, 0.15) is 54.1 Å². The van der Waals surface area contributed by atoms with Crippen LogP contribution in [0.15, 0.2) is 35.3 Å². The number of H-pyrrole nitrogens is 1. The number of aromatic amines is 1. The Labute approximate surface area is 244 Å². The van der Waals surface area contributed by atoms with Gasteiger partial charge in [0.1, 0.15) is 11.9 Å². The third-order valence-corrected chi connectivity index (χ3v) is 8.20. The molecule has 2 fully saturated rings. The number of likely N-dealkylation sites (N-methyl/N-ethyl adjacent to an activating group) is 1. The lowest BCUT2D eigenvalue weighted by atomic mass is 9.91. The summed E-state index contributed by atoms with van der Waals surface area (Å²) in [5.74, 6) is -4.30. The average molecular weight is 610 g/mol. The van der Waals surface area contributed by atoms with Gasteiger partial charge in [0.15, 0.2) is 0 Å². The highest BCUT2D eigenvalue weighted by Crippen LogP contribution is 2.40. The van der Waals surface area contributed by atoms with E-state index in [0.29, 0.717) is 37.0 Å². The fraction of sp³-hybridized carbons (Fsp3) is 0.483. The summed E-state index contributed by atoms with van der Waals surface area (Å²) >= 11 is 0. The maximum absolute atomic E-state index is 15.7. The average Bonchev–Trinajstić information content (AvgIpc) is 2.94. The van der Waals surface area contributed by atoms with Crippen molar-refractivity contribution in [3.05, 3.63) is 63.3 Å². The van der Waals surface area contributed by atoms with Crippen LogP contribution in [0.3, 0.4) is 0 Å². The molecule has 2 N–H and O–H groups in total. The summed E-state index contributed by atoms with van der Waals surface area (Å²) in [4.78, 5) is 44.9. The van der Waals surface area contributed by atoms with Crippen LogP contribution in [0.4, 0.5) is 38.1 Å². The number of halogens is 5. The highest BCUT2D eigenvalue weighted by atomic mass is 19.3. The molecular weight excluding hydrogens is 577 g/mol. The Bertz CT molecular complexity index is 1490. The maximum Gasteiger partial charge on any atom is 0.410 e. The van der Waals surface area contributed by atoms with Crippen molar-refractivity contribution in [1.82, 2.24) is 14.8 Å². The number of carbonyl (C=O) groups is 2. The lowest BCUT2D eigenvalue weighted by Gasteiger charge is -2.40. The van der Waals surface area contributed by atoms with Crippen molar-refractivity contribution in [2.75, 3.05) is 50.0 Å². The molecule has 0 spiro atoms. The molecule has 5 rings (SSSR count). The minimum Gasteiger partial charge on any atom is -0.446 e. The Morgan fingerprint density at radius 2 is 1.88 bits per heavy atom. The molecule has 3 aliphatic rings. The number of hydrogen-bond donors (Lipinski definition) is 2. The van der Waals surface area contributed by atoms with E-state index in [-0.39, 0.29) is 36.8 Å². The van der Waals surface area contributed by atoms with Crippen molar-refractivity contribution in [2.24, 2.45) is 0 Å². The summed E-state index contributed by atoms with van der Waals surface area (Å²) in [6.45, 7) is 3.93. The van der Waals surface area contributed by atoms with E-state index < -0.39 is 65.8 Å². The number of hydrogen-bond acceptors (Lipinski definition) is 6. The van der Waals surface area contributed by atoms with E-state index in [0.717, 1.165) is 6.20 Å².